The molecule has 0 radical (unpaired) electrons. The third kappa shape index (κ3) is 3.99. The summed E-state index contributed by atoms with van der Waals surface area (Å²) in [6.07, 6.45) is 1.41. The molecule has 1 aromatic carbocycles. The number of hydrogen-bond acceptors (Lipinski definition) is 5. The molecule has 1 fully saturated rings. The van der Waals surface area contributed by atoms with Crippen LogP contribution in [0.25, 0.3) is 0 Å². The van der Waals surface area contributed by atoms with E-state index in [1.54, 1.807) is 23.5 Å². The Bertz CT molecular complexity index is 740. The summed E-state index contributed by atoms with van der Waals surface area (Å²) in [5, 5.41) is 16.3. The van der Waals surface area contributed by atoms with Crippen molar-refractivity contribution in [3.05, 3.63) is 56.8 Å². The predicted molar refractivity (Wildman–Crippen MR) is 98.9 cm³/mol. The minimum atomic E-state index is -0.350. The number of nitro groups is 1. The molecule has 0 unspecified atom stereocenters. The Morgan fingerprint density at radius 2 is 2.00 bits per heavy atom. The van der Waals surface area contributed by atoms with Crippen LogP contribution in [0, 0.1) is 16.0 Å². The van der Waals surface area contributed by atoms with Gasteiger partial charge in [-0.15, -0.1) is 11.3 Å². The molecule has 25 heavy (non-hydrogen) atoms. The van der Waals surface area contributed by atoms with Gasteiger partial charge in [-0.05, 0) is 37.3 Å². The number of anilines is 1. The average molecular weight is 359 g/mol. The molecule has 0 spiro atoms. The van der Waals surface area contributed by atoms with Crippen molar-refractivity contribution in [3.63, 3.8) is 0 Å². The van der Waals surface area contributed by atoms with Crippen LogP contribution in [0.1, 0.15) is 30.7 Å². The summed E-state index contributed by atoms with van der Waals surface area (Å²) in [6, 6.07) is 10.8. The maximum absolute atomic E-state index is 12.5. The lowest BCUT2D eigenvalue weighted by atomic mass is 9.95. The molecule has 1 N–H and O–H groups in total. The van der Waals surface area contributed by atoms with Crippen molar-refractivity contribution >= 4 is 28.6 Å². The Hall–Kier alpha value is -2.41. The average Bonchev–Trinajstić information content (AvgIpc) is 3.16. The topological polar surface area (TPSA) is 75.5 Å². The van der Waals surface area contributed by atoms with Crippen molar-refractivity contribution < 1.29 is 9.72 Å². The largest absolute Gasteiger partial charge is 0.366 e. The molecule has 0 aliphatic carbocycles. The number of piperidine rings is 1. The van der Waals surface area contributed by atoms with Crippen LogP contribution in [0.2, 0.25) is 0 Å². The third-order valence-electron chi connectivity index (χ3n) is 4.61. The number of carbonyl (C=O) groups excluding carboxylic acids is 1. The van der Waals surface area contributed by atoms with E-state index >= 15 is 0 Å². The van der Waals surface area contributed by atoms with Crippen molar-refractivity contribution in [2.24, 2.45) is 5.92 Å². The van der Waals surface area contributed by atoms with E-state index in [-0.39, 0.29) is 28.5 Å². The Morgan fingerprint density at radius 3 is 2.64 bits per heavy atom. The molecule has 1 amide bonds. The molecule has 2 heterocycles. The smallest absolute Gasteiger partial charge is 0.292 e. The fourth-order valence-electron chi connectivity index (χ4n) is 3.21. The monoisotopic (exact) mass is 359 g/mol. The number of amides is 1. The Morgan fingerprint density at radius 1 is 1.28 bits per heavy atom. The lowest BCUT2D eigenvalue weighted by Gasteiger charge is -2.33. The molecule has 3 rings (SSSR count). The summed E-state index contributed by atoms with van der Waals surface area (Å²) in [5.74, 6) is 0.0320. The highest BCUT2D eigenvalue weighted by Crippen LogP contribution is 2.31. The lowest BCUT2D eigenvalue weighted by molar-refractivity contribution is -0.384. The van der Waals surface area contributed by atoms with Gasteiger partial charge < -0.3 is 10.2 Å². The quantitative estimate of drug-likeness (QED) is 0.652. The molecular weight excluding hydrogens is 338 g/mol. The number of rotatable bonds is 5. The zero-order chi connectivity index (χ0) is 17.8. The second-order valence-corrected chi connectivity index (χ2v) is 7.23. The first-order valence-electron chi connectivity index (χ1n) is 8.38. The number of nitrogens with zero attached hydrogens (tertiary/aromatic N) is 2. The number of thiophene rings is 1. The van der Waals surface area contributed by atoms with Gasteiger partial charge in [0.15, 0.2) is 0 Å². The van der Waals surface area contributed by atoms with Gasteiger partial charge in [0, 0.05) is 30.0 Å². The van der Waals surface area contributed by atoms with E-state index in [1.165, 1.54) is 6.07 Å². The molecule has 0 bridgehead atoms. The summed E-state index contributed by atoms with van der Waals surface area (Å²) in [5.41, 5.74) is 0.759. The number of benzene rings is 1. The Labute approximate surface area is 150 Å². The maximum Gasteiger partial charge on any atom is 0.292 e. The van der Waals surface area contributed by atoms with Crippen LogP contribution in [-0.4, -0.2) is 23.9 Å². The van der Waals surface area contributed by atoms with Crippen LogP contribution in [-0.2, 0) is 4.79 Å². The van der Waals surface area contributed by atoms with Crippen molar-refractivity contribution in [2.75, 3.05) is 18.0 Å². The fraction of sp³-hybridized carbons (Fsp3) is 0.389. The van der Waals surface area contributed by atoms with Crippen molar-refractivity contribution in [3.8, 4) is 0 Å². The van der Waals surface area contributed by atoms with Gasteiger partial charge in [-0.3, -0.25) is 14.9 Å². The predicted octanol–water partition coefficient (Wildman–Crippen LogP) is 3.75. The maximum atomic E-state index is 12.5. The van der Waals surface area contributed by atoms with Crippen molar-refractivity contribution in [1.29, 1.82) is 0 Å². The minimum absolute atomic E-state index is 0.0146. The molecule has 1 aromatic heterocycles. The molecule has 1 atom stereocenters. The molecule has 132 valence electrons. The second kappa shape index (κ2) is 7.65. The van der Waals surface area contributed by atoms with E-state index in [0.717, 1.165) is 4.88 Å². The fourth-order valence-corrected chi connectivity index (χ4v) is 3.94. The zero-order valence-corrected chi connectivity index (χ0v) is 14.9. The van der Waals surface area contributed by atoms with Crippen LogP contribution >= 0.6 is 11.3 Å². The van der Waals surface area contributed by atoms with Gasteiger partial charge in [-0.25, -0.2) is 0 Å². The minimum Gasteiger partial charge on any atom is -0.366 e. The van der Waals surface area contributed by atoms with E-state index in [9.17, 15) is 14.9 Å². The third-order valence-corrected chi connectivity index (χ3v) is 5.67. The summed E-state index contributed by atoms with van der Waals surface area (Å²) in [7, 11) is 0. The summed E-state index contributed by atoms with van der Waals surface area (Å²) in [6.45, 7) is 3.29. The van der Waals surface area contributed by atoms with Gasteiger partial charge in [-0.2, -0.15) is 0 Å². The van der Waals surface area contributed by atoms with Crippen LogP contribution in [0.4, 0.5) is 11.4 Å². The molecule has 0 saturated carbocycles. The molecule has 1 aliphatic rings. The first-order chi connectivity index (χ1) is 12.1. The first-order valence-corrected chi connectivity index (χ1v) is 9.26. The van der Waals surface area contributed by atoms with Crippen molar-refractivity contribution in [1.82, 2.24) is 5.32 Å². The highest BCUT2D eigenvalue weighted by atomic mass is 32.1. The Balaban J connectivity index is 1.59. The number of carbonyl (C=O) groups is 1. The van der Waals surface area contributed by atoms with E-state index in [1.807, 2.05) is 35.4 Å². The lowest BCUT2D eigenvalue weighted by Crippen LogP contribution is -2.41. The van der Waals surface area contributed by atoms with Gasteiger partial charge in [-0.1, -0.05) is 18.2 Å². The number of para-hydroxylation sites is 2. The molecule has 6 nitrogen and oxygen atoms in total. The van der Waals surface area contributed by atoms with Gasteiger partial charge in [0.2, 0.25) is 5.91 Å². The molecule has 1 saturated heterocycles. The zero-order valence-electron chi connectivity index (χ0n) is 14.1. The van der Waals surface area contributed by atoms with E-state index < -0.39 is 0 Å². The van der Waals surface area contributed by atoms with Crippen LogP contribution in [0.5, 0.6) is 0 Å². The van der Waals surface area contributed by atoms with Crippen LogP contribution < -0.4 is 10.2 Å². The van der Waals surface area contributed by atoms with E-state index in [2.05, 4.69) is 5.32 Å². The second-order valence-electron chi connectivity index (χ2n) is 6.25. The van der Waals surface area contributed by atoms with E-state index in [0.29, 0.717) is 31.6 Å². The molecule has 7 heteroatoms. The SMILES string of the molecule is C[C@H](NC(=O)C1CCN(c2ccccc2[N+](=O)[O-])CC1)c1cccs1. The first kappa shape index (κ1) is 17.4. The molecule has 1 aliphatic heterocycles. The highest BCUT2D eigenvalue weighted by Gasteiger charge is 2.28. The summed E-state index contributed by atoms with van der Waals surface area (Å²) in [4.78, 5) is 26.5. The van der Waals surface area contributed by atoms with Gasteiger partial charge in [0.05, 0.1) is 11.0 Å². The molecular formula is C18H21N3O3S. The van der Waals surface area contributed by atoms with Gasteiger partial charge in [0.25, 0.3) is 5.69 Å². The summed E-state index contributed by atoms with van der Waals surface area (Å²) < 4.78 is 0. The Kier molecular flexibility index (Phi) is 5.33. The molecule has 2 aromatic rings. The summed E-state index contributed by atoms with van der Waals surface area (Å²) >= 11 is 1.63. The number of nitrogens with one attached hydrogen (secondary N) is 1. The normalized spacial score (nSPS) is 16.4. The van der Waals surface area contributed by atoms with Gasteiger partial charge >= 0.3 is 0 Å². The highest BCUT2D eigenvalue weighted by molar-refractivity contribution is 7.10. The van der Waals surface area contributed by atoms with Crippen molar-refractivity contribution in [2.45, 2.75) is 25.8 Å². The number of hydrogen-bond donors (Lipinski definition) is 1. The number of nitro benzene ring substituents is 1. The van der Waals surface area contributed by atoms with E-state index in [4.69, 9.17) is 0 Å². The van der Waals surface area contributed by atoms with Crippen LogP contribution in [0.3, 0.4) is 0 Å². The van der Waals surface area contributed by atoms with Gasteiger partial charge in [0.1, 0.15) is 5.69 Å². The van der Waals surface area contributed by atoms with Crippen LogP contribution in [0.15, 0.2) is 41.8 Å². The standard InChI is InChI=1S/C18H21N3O3S/c1-13(17-7-4-12-25-17)19-18(22)14-8-10-20(11-9-14)15-5-2-3-6-16(15)21(23)24/h2-7,12-14H,8-11H2,1H3,(H,19,22)/t13-/m0/s1.